The van der Waals surface area contributed by atoms with Gasteiger partial charge in [-0.1, -0.05) is 13.8 Å². The predicted molar refractivity (Wildman–Crippen MR) is 68.4 cm³/mol. The molecule has 3 heteroatoms. The molecule has 0 saturated carbocycles. The van der Waals surface area contributed by atoms with Crippen LogP contribution in [0.15, 0.2) is 0 Å². The SMILES string of the molecule is CC(C)(CN)CCN1CCCC(C)(O)CC1. The van der Waals surface area contributed by atoms with E-state index in [1.165, 1.54) is 0 Å². The Hall–Kier alpha value is -0.120. The number of likely N-dealkylation sites (tertiary alicyclic amines) is 1. The zero-order valence-electron chi connectivity index (χ0n) is 11.1. The van der Waals surface area contributed by atoms with E-state index < -0.39 is 5.60 Å². The van der Waals surface area contributed by atoms with Gasteiger partial charge in [0.15, 0.2) is 0 Å². The molecule has 16 heavy (non-hydrogen) atoms. The number of nitrogens with zero attached hydrogens (tertiary/aromatic N) is 1. The van der Waals surface area contributed by atoms with Crippen molar-refractivity contribution in [2.45, 2.75) is 52.1 Å². The van der Waals surface area contributed by atoms with Crippen LogP contribution >= 0.6 is 0 Å². The molecule has 1 heterocycles. The van der Waals surface area contributed by atoms with E-state index in [0.717, 1.165) is 51.9 Å². The molecule has 0 spiro atoms. The van der Waals surface area contributed by atoms with Crippen LogP contribution in [0.2, 0.25) is 0 Å². The van der Waals surface area contributed by atoms with E-state index in [2.05, 4.69) is 18.7 Å². The highest BCUT2D eigenvalue weighted by atomic mass is 16.3. The summed E-state index contributed by atoms with van der Waals surface area (Å²) >= 11 is 0. The Balaban J connectivity index is 2.33. The number of rotatable bonds is 4. The van der Waals surface area contributed by atoms with Crippen LogP contribution < -0.4 is 5.73 Å². The largest absolute Gasteiger partial charge is 0.390 e. The summed E-state index contributed by atoms with van der Waals surface area (Å²) in [5, 5.41) is 10.00. The smallest absolute Gasteiger partial charge is 0.0632 e. The molecule has 0 amide bonds. The van der Waals surface area contributed by atoms with E-state index in [4.69, 9.17) is 5.73 Å². The van der Waals surface area contributed by atoms with Crippen molar-refractivity contribution in [3.8, 4) is 0 Å². The molecule has 1 atom stereocenters. The van der Waals surface area contributed by atoms with Crippen molar-refractivity contribution in [2.24, 2.45) is 11.1 Å². The fourth-order valence-corrected chi connectivity index (χ4v) is 2.11. The van der Waals surface area contributed by atoms with E-state index in [9.17, 15) is 5.11 Å². The topological polar surface area (TPSA) is 49.5 Å². The minimum Gasteiger partial charge on any atom is -0.390 e. The van der Waals surface area contributed by atoms with Crippen LogP contribution in [-0.4, -0.2) is 41.8 Å². The highest BCUT2D eigenvalue weighted by Crippen LogP contribution is 2.23. The lowest BCUT2D eigenvalue weighted by Crippen LogP contribution is -2.33. The minimum absolute atomic E-state index is 0.245. The zero-order valence-corrected chi connectivity index (χ0v) is 11.1. The molecule has 1 unspecified atom stereocenters. The molecule has 3 N–H and O–H groups in total. The van der Waals surface area contributed by atoms with Crippen LogP contribution in [0, 0.1) is 5.41 Å². The van der Waals surface area contributed by atoms with Crippen molar-refractivity contribution in [3.63, 3.8) is 0 Å². The second-order valence-corrected chi connectivity index (χ2v) is 6.31. The maximum atomic E-state index is 10.00. The van der Waals surface area contributed by atoms with Gasteiger partial charge in [0, 0.05) is 6.54 Å². The van der Waals surface area contributed by atoms with Crippen LogP contribution in [0.5, 0.6) is 0 Å². The van der Waals surface area contributed by atoms with Crippen LogP contribution in [0.25, 0.3) is 0 Å². The van der Waals surface area contributed by atoms with Gasteiger partial charge >= 0.3 is 0 Å². The van der Waals surface area contributed by atoms with Crippen LogP contribution in [0.4, 0.5) is 0 Å². The Morgan fingerprint density at radius 3 is 2.62 bits per heavy atom. The molecular weight excluding hydrogens is 200 g/mol. The lowest BCUT2D eigenvalue weighted by molar-refractivity contribution is 0.0443. The summed E-state index contributed by atoms with van der Waals surface area (Å²) in [6.07, 6.45) is 4.08. The second kappa shape index (κ2) is 5.48. The van der Waals surface area contributed by atoms with Gasteiger partial charge in [0.25, 0.3) is 0 Å². The molecule has 0 aromatic heterocycles. The Morgan fingerprint density at radius 2 is 2.00 bits per heavy atom. The van der Waals surface area contributed by atoms with Gasteiger partial charge in [-0.3, -0.25) is 0 Å². The van der Waals surface area contributed by atoms with Crippen molar-refractivity contribution in [1.29, 1.82) is 0 Å². The summed E-state index contributed by atoms with van der Waals surface area (Å²) in [5.74, 6) is 0. The highest BCUT2D eigenvalue weighted by Gasteiger charge is 2.25. The van der Waals surface area contributed by atoms with Gasteiger partial charge in [-0.05, 0) is 57.7 Å². The lowest BCUT2D eigenvalue weighted by atomic mass is 9.89. The van der Waals surface area contributed by atoms with E-state index in [1.54, 1.807) is 0 Å². The third-order valence-electron chi connectivity index (χ3n) is 3.81. The summed E-state index contributed by atoms with van der Waals surface area (Å²) in [6.45, 7) is 10.4. The molecule has 1 rings (SSSR count). The first-order chi connectivity index (χ1) is 7.35. The van der Waals surface area contributed by atoms with Gasteiger partial charge < -0.3 is 15.7 Å². The van der Waals surface area contributed by atoms with Gasteiger partial charge in [0.05, 0.1) is 5.60 Å². The molecule has 1 aliphatic heterocycles. The Labute approximate surface area is 100 Å². The Morgan fingerprint density at radius 1 is 1.31 bits per heavy atom. The molecule has 0 bridgehead atoms. The fourth-order valence-electron chi connectivity index (χ4n) is 2.11. The molecule has 1 fully saturated rings. The van der Waals surface area contributed by atoms with Crippen LogP contribution in [0.3, 0.4) is 0 Å². The number of hydrogen-bond acceptors (Lipinski definition) is 3. The van der Waals surface area contributed by atoms with E-state index >= 15 is 0 Å². The third-order valence-corrected chi connectivity index (χ3v) is 3.81. The van der Waals surface area contributed by atoms with E-state index in [1.807, 2.05) is 6.92 Å². The normalized spacial score (nSPS) is 29.1. The second-order valence-electron chi connectivity index (χ2n) is 6.31. The Bertz CT molecular complexity index is 214. The average Bonchev–Trinajstić information content (AvgIpc) is 2.37. The molecular formula is C13H28N2O. The quantitative estimate of drug-likeness (QED) is 0.768. The molecule has 1 saturated heterocycles. The van der Waals surface area contributed by atoms with Gasteiger partial charge in [0.1, 0.15) is 0 Å². The minimum atomic E-state index is -0.446. The molecule has 3 nitrogen and oxygen atoms in total. The molecule has 0 aliphatic carbocycles. The monoisotopic (exact) mass is 228 g/mol. The summed E-state index contributed by atoms with van der Waals surface area (Å²) in [4.78, 5) is 2.47. The molecule has 96 valence electrons. The van der Waals surface area contributed by atoms with Gasteiger partial charge in [-0.15, -0.1) is 0 Å². The average molecular weight is 228 g/mol. The summed E-state index contributed by atoms with van der Waals surface area (Å²) < 4.78 is 0. The van der Waals surface area contributed by atoms with Crippen LogP contribution in [0.1, 0.15) is 46.5 Å². The molecule has 0 aromatic carbocycles. The molecule has 1 aliphatic rings. The fraction of sp³-hybridized carbons (Fsp3) is 1.00. The van der Waals surface area contributed by atoms with Crippen molar-refractivity contribution >= 4 is 0 Å². The van der Waals surface area contributed by atoms with Crippen molar-refractivity contribution < 1.29 is 5.11 Å². The predicted octanol–water partition coefficient (Wildman–Crippen LogP) is 1.60. The summed E-state index contributed by atoms with van der Waals surface area (Å²) in [5.41, 5.74) is 5.54. The molecule has 0 aromatic rings. The van der Waals surface area contributed by atoms with Gasteiger partial charge in [-0.2, -0.15) is 0 Å². The van der Waals surface area contributed by atoms with Crippen LogP contribution in [-0.2, 0) is 0 Å². The Kier molecular flexibility index (Phi) is 4.77. The van der Waals surface area contributed by atoms with Crippen molar-refractivity contribution in [2.75, 3.05) is 26.2 Å². The van der Waals surface area contributed by atoms with Crippen molar-refractivity contribution in [3.05, 3.63) is 0 Å². The maximum Gasteiger partial charge on any atom is 0.0632 e. The number of hydrogen-bond donors (Lipinski definition) is 2. The van der Waals surface area contributed by atoms with E-state index in [0.29, 0.717) is 0 Å². The first kappa shape index (κ1) is 13.9. The number of nitrogens with two attached hydrogens (primary N) is 1. The zero-order chi connectivity index (χ0) is 12.2. The van der Waals surface area contributed by atoms with Gasteiger partial charge in [0.2, 0.25) is 0 Å². The summed E-state index contributed by atoms with van der Waals surface area (Å²) in [6, 6.07) is 0. The third kappa shape index (κ3) is 4.81. The van der Waals surface area contributed by atoms with Gasteiger partial charge in [-0.25, -0.2) is 0 Å². The first-order valence-corrected chi connectivity index (χ1v) is 6.49. The first-order valence-electron chi connectivity index (χ1n) is 6.49. The standard InChI is InChI=1S/C13H28N2O/c1-12(2,11-14)6-9-15-8-4-5-13(3,16)7-10-15/h16H,4-11,14H2,1-3H3. The highest BCUT2D eigenvalue weighted by molar-refractivity contribution is 4.80. The molecule has 0 radical (unpaired) electrons. The lowest BCUT2D eigenvalue weighted by Gasteiger charge is -2.28. The number of aliphatic hydroxyl groups is 1. The van der Waals surface area contributed by atoms with Crippen molar-refractivity contribution in [1.82, 2.24) is 4.90 Å². The maximum absolute atomic E-state index is 10.00. The van der Waals surface area contributed by atoms with E-state index in [-0.39, 0.29) is 5.41 Å². The summed E-state index contributed by atoms with van der Waals surface area (Å²) in [7, 11) is 0.